The Hall–Kier alpha value is -3.96. The van der Waals surface area contributed by atoms with Crippen LogP contribution < -0.4 is 10.5 Å². The molecule has 0 amide bonds. The fraction of sp³-hybridized carbons (Fsp3) is 0.240. The number of nitrogens with two attached hydrogens (primary N) is 1. The third-order valence-electron chi connectivity index (χ3n) is 5.80. The molecule has 3 aromatic heterocycles. The highest BCUT2D eigenvalue weighted by Crippen LogP contribution is 2.34. The normalized spacial score (nSPS) is 16.0. The number of nitrogens with zero attached hydrogens (tertiary/aromatic N) is 5. The van der Waals surface area contributed by atoms with E-state index in [0.717, 1.165) is 42.8 Å². The van der Waals surface area contributed by atoms with E-state index in [9.17, 15) is 4.39 Å². The molecule has 1 atom stereocenters. The summed E-state index contributed by atoms with van der Waals surface area (Å²) in [5, 5.41) is 0. The molecule has 0 radical (unpaired) electrons. The van der Waals surface area contributed by atoms with Crippen LogP contribution in [0.1, 0.15) is 25.0 Å². The van der Waals surface area contributed by atoms with Crippen LogP contribution in [0.5, 0.6) is 11.6 Å². The number of anilines is 1. The van der Waals surface area contributed by atoms with Crippen molar-refractivity contribution in [2.45, 2.75) is 19.3 Å². The molecule has 1 fully saturated rings. The molecule has 0 bridgehead atoms. The molecular weight excluding hydrogens is 419 g/mol. The Labute approximate surface area is 191 Å². The number of halogens is 1. The zero-order valence-corrected chi connectivity index (χ0v) is 18.2. The van der Waals surface area contributed by atoms with E-state index in [1.165, 1.54) is 18.3 Å². The van der Waals surface area contributed by atoms with E-state index in [0.29, 0.717) is 23.4 Å². The molecule has 7 nitrogen and oxygen atoms in total. The van der Waals surface area contributed by atoms with Crippen LogP contribution in [0.3, 0.4) is 0 Å². The summed E-state index contributed by atoms with van der Waals surface area (Å²) in [6, 6.07) is 12.1. The van der Waals surface area contributed by atoms with Gasteiger partial charge in [-0.15, -0.1) is 5.92 Å². The molecule has 0 spiro atoms. The van der Waals surface area contributed by atoms with Gasteiger partial charge in [0.1, 0.15) is 11.6 Å². The predicted molar refractivity (Wildman–Crippen MR) is 124 cm³/mol. The molecule has 5 rings (SSSR count). The Kier molecular flexibility index (Phi) is 5.63. The highest BCUT2D eigenvalue weighted by atomic mass is 19.1. The van der Waals surface area contributed by atoms with Gasteiger partial charge in [0.25, 0.3) is 5.88 Å². The molecule has 33 heavy (non-hydrogen) atoms. The predicted octanol–water partition coefficient (Wildman–Crippen LogP) is 4.12. The van der Waals surface area contributed by atoms with Crippen LogP contribution in [0.25, 0.3) is 16.9 Å². The van der Waals surface area contributed by atoms with Crippen molar-refractivity contribution >= 4 is 11.5 Å². The summed E-state index contributed by atoms with van der Waals surface area (Å²) in [5.41, 5.74) is 9.09. The highest BCUT2D eigenvalue weighted by Gasteiger charge is 2.28. The number of nitrogen functional groups attached to an aromatic ring is 1. The lowest BCUT2D eigenvalue weighted by Gasteiger charge is -2.11. The highest BCUT2D eigenvalue weighted by molar-refractivity contribution is 5.69. The van der Waals surface area contributed by atoms with Crippen molar-refractivity contribution in [2.24, 2.45) is 0 Å². The first kappa shape index (κ1) is 20.9. The van der Waals surface area contributed by atoms with E-state index in [4.69, 9.17) is 15.5 Å². The number of fused-ring (bicyclic) bond motifs is 1. The number of likely N-dealkylation sites (tertiary alicyclic amines) is 1. The van der Waals surface area contributed by atoms with Crippen LogP contribution in [-0.2, 0) is 0 Å². The van der Waals surface area contributed by atoms with Gasteiger partial charge in [0.2, 0.25) is 5.95 Å². The summed E-state index contributed by atoms with van der Waals surface area (Å²) in [4.78, 5) is 15.6. The van der Waals surface area contributed by atoms with E-state index in [-0.39, 0.29) is 5.88 Å². The molecule has 1 unspecified atom stereocenters. The molecular formula is C25H23FN6O. The lowest BCUT2D eigenvalue weighted by molar-refractivity contribution is 0.377. The largest absolute Gasteiger partial charge is 0.436 e. The zero-order valence-electron chi connectivity index (χ0n) is 18.2. The maximum atomic E-state index is 13.9. The monoisotopic (exact) mass is 442 g/mol. The summed E-state index contributed by atoms with van der Waals surface area (Å²) in [6.45, 7) is 4.53. The van der Waals surface area contributed by atoms with Crippen LogP contribution in [0.4, 0.5) is 10.3 Å². The number of pyridine rings is 1. The van der Waals surface area contributed by atoms with Gasteiger partial charge in [-0.25, -0.2) is 19.3 Å². The van der Waals surface area contributed by atoms with Crippen molar-refractivity contribution in [3.05, 3.63) is 66.4 Å². The molecule has 4 aromatic rings. The van der Waals surface area contributed by atoms with E-state index < -0.39 is 5.82 Å². The van der Waals surface area contributed by atoms with Gasteiger partial charge in [-0.2, -0.15) is 0 Å². The number of ether oxygens (including phenoxy) is 1. The summed E-state index contributed by atoms with van der Waals surface area (Å²) in [6.07, 6.45) is 4.22. The molecule has 1 saturated heterocycles. The lowest BCUT2D eigenvalue weighted by Crippen LogP contribution is -2.20. The van der Waals surface area contributed by atoms with Gasteiger partial charge in [0.15, 0.2) is 5.82 Å². The van der Waals surface area contributed by atoms with Crippen molar-refractivity contribution in [1.82, 2.24) is 24.3 Å². The van der Waals surface area contributed by atoms with Gasteiger partial charge in [-0.3, -0.25) is 9.30 Å². The number of aromatic nitrogens is 4. The molecule has 1 aliphatic rings. The van der Waals surface area contributed by atoms with Crippen molar-refractivity contribution in [2.75, 3.05) is 25.4 Å². The molecule has 1 aliphatic heterocycles. The standard InChI is InChI=1S/C25H23FN6O/c1-2-3-14-31-15-11-18(16-31)22-21-10-13-29-25(27)32(21)23(30-22)17-6-8-19(9-7-17)33-24-20(26)5-4-12-28-24/h4-10,12-13,18H,11,14-16H2,1H3,(H2,27,29). The van der Waals surface area contributed by atoms with Crippen LogP contribution in [0.15, 0.2) is 54.9 Å². The first-order chi connectivity index (χ1) is 16.1. The second-order valence-electron chi connectivity index (χ2n) is 7.91. The number of hydrogen-bond acceptors (Lipinski definition) is 6. The zero-order chi connectivity index (χ0) is 22.8. The van der Waals surface area contributed by atoms with Crippen molar-refractivity contribution in [3.63, 3.8) is 0 Å². The van der Waals surface area contributed by atoms with Gasteiger partial charge >= 0.3 is 0 Å². The van der Waals surface area contributed by atoms with Crippen molar-refractivity contribution in [1.29, 1.82) is 0 Å². The van der Waals surface area contributed by atoms with E-state index in [2.05, 4.69) is 26.7 Å². The first-order valence-electron chi connectivity index (χ1n) is 10.8. The van der Waals surface area contributed by atoms with Crippen LogP contribution in [0.2, 0.25) is 0 Å². The minimum atomic E-state index is -0.514. The Bertz CT molecular complexity index is 1360. The number of rotatable bonds is 5. The molecule has 0 saturated carbocycles. The minimum absolute atomic E-state index is 0.0641. The Morgan fingerprint density at radius 3 is 2.79 bits per heavy atom. The number of hydrogen-bond donors (Lipinski definition) is 1. The van der Waals surface area contributed by atoms with Gasteiger partial charge in [-0.1, -0.05) is 5.92 Å². The van der Waals surface area contributed by atoms with Gasteiger partial charge < -0.3 is 10.5 Å². The summed E-state index contributed by atoms with van der Waals surface area (Å²) < 4.78 is 21.3. The average molecular weight is 442 g/mol. The molecule has 8 heteroatoms. The van der Waals surface area contributed by atoms with Gasteiger partial charge in [0.05, 0.1) is 17.8 Å². The lowest BCUT2D eigenvalue weighted by atomic mass is 10.0. The van der Waals surface area contributed by atoms with Crippen LogP contribution in [-0.4, -0.2) is 43.9 Å². The second-order valence-corrected chi connectivity index (χ2v) is 7.91. The van der Waals surface area contributed by atoms with E-state index in [1.54, 1.807) is 18.3 Å². The molecule has 4 heterocycles. The molecule has 0 aliphatic carbocycles. The Morgan fingerprint density at radius 1 is 1.15 bits per heavy atom. The fourth-order valence-electron chi connectivity index (χ4n) is 4.20. The average Bonchev–Trinajstić information content (AvgIpc) is 3.45. The maximum absolute atomic E-state index is 13.9. The van der Waals surface area contributed by atoms with Crippen molar-refractivity contribution < 1.29 is 9.13 Å². The quantitative estimate of drug-likeness (QED) is 0.469. The number of benzene rings is 1. The SMILES string of the molecule is CC#CCN1CCC(c2nc(-c3ccc(Oc4ncccc4F)cc3)n3c(N)nccc23)C1. The fourth-order valence-corrected chi connectivity index (χ4v) is 4.20. The summed E-state index contributed by atoms with van der Waals surface area (Å²) in [7, 11) is 0. The number of imidazole rings is 1. The molecule has 1 aromatic carbocycles. The van der Waals surface area contributed by atoms with Crippen LogP contribution in [0, 0.1) is 17.7 Å². The topological polar surface area (TPSA) is 81.6 Å². The smallest absolute Gasteiger partial charge is 0.255 e. The molecule has 2 N–H and O–H groups in total. The Balaban J connectivity index is 1.47. The second kappa shape index (κ2) is 8.88. The first-order valence-corrected chi connectivity index (χ1v) is 10.8. The van der Waals surface area contributed by atoms with Crippen LogP contribution >= 0.6 is 0 Å². The van der Waals surface area contributed by atoms with E-state index in [1.807, 2.05) is 29.5 Å². The summed E-state index contributed by atoms with van der Waals surface area (Å²) in [5.74, 6) is 7.40. The van der Waals surface area contributed by atoms with E-state index >= 15 is 0 Å². The minimum Gasteiger partial charge on any atom is -0.436 e. The third kappa shape index (κ3) is 4.11. The van der Waals surface area contributed by atoms with Crippen molar-refractivity contribution in [3.8, 4) is 34.9 Å². The van der Waals surface area contributed by atoms with Gasteiger partial charge in [-0.05, 0) is 62.4 Å². The maximum Gasteiger partial charge on any atom is 0.255 e. The summed E-state index contributed by atoms with van der Waals surface area (Å²) >= 11 is 0. The third-order valence-corrected chi connectivity index (χ3v) is 5.80. The van der Waals surface area contributed by atoms with Gasteiger partial charge in [0, 0.05) is 30.4 Å². The molecule has 166 valence electrons. The Morgan fingerprint density at radius 2 is 2.00 bits per heavy atom.